The zero-order chi connectivity index (χ0) is 10.9. The highest BCUT2D eigenvalue weighted by molar-refractivity contribution is 7.94. The Labute approximate surface area is 89.3 Å². The van der Waals surface area contributed by atoms with Gasteiger partial charge in [-0.3, -0.25) is 0 Å². The van der Waals surface area contributed by atoms with E-state index < -0.39 is 9.84 Å². The topological polar surface area (TPSA) is 46.7 Å². The number of sulfone groups is 1. The fourth-order valence-electron chi connectivity index (χ4n) is 1.27. The van der Waals surface area contributed by atoms with Crippen LogP contribution in [0.25, 0.3) is 0 Å². The van der Waals surface area contributed by atoms with Gasteiger partial charge in [-0.1, -0.05) is 18.2 Å². The highest BCUT2D eigenvalue weighted by Crippen LogP contribution is 2.23. The summed E-state index contributed by atoms with van der Waals surface area (Å²) in [6.07, 6.45) is 1.70. The maximum atomic E-state index is 11.7. The molecule has 1 saturated heterocycles. The first-order valence-corrected chi connectivity index (χ1v) is 6.28. The van der Waals surface area contributed by atoms with E-state index in [9.17, 15) is 8.42 Å². The number of hydrogen-bond acceptors (Lipinski definition) is 3. The number of rotatable bonds is 3. The van der Waals surface area contributed by atoms with Gasteiger partial charge in [-0.25, -0.2) is 8.42 Å². The van der Waals surface area contributed by atoms with Gasteiger partial charge in [-0.15, -0.1) is 0 Å². The van der Waals surface area contributed by atoms with Crippen molar-refractivity contribution in [3.63, 3.8) is 0 Å². The van der Waals surface area contributed by atoms with Crippen molar-refractivity contribution >= 4 is 9.84 Å². The molecule has 80 valence electrons. The maximum Gasteiger partial charge on any atom is 0.199 e. The lowest BCUT2D eigenvalue weighted by Gasteiger charge is -1.96. The van der Waals surface area contributed by atoms with Crippen LogP contribution in [0.15, 0.2) is 46.7 Å². The van der Waals surface area contributed by atoms with Crippen LogP contribution in [-0.4, -0.2) is 20.6 Å². The van der Waals surface area contributed by atoms with Gasteiger partial charge in [0.1, 0.15) is 6.10 Å². The quantitative estimate of drug-likeness (QED) is 0.735. The summed E-state index contributed by atoms with van der Waals surface area (Å²) in [7, 11) is -3.30. The summed E-state index contributed by atoms with van der Waals surface area (Å²) in [5, 5.41) is 1.22. The van der Waals surface area contributed by atoms with Crippen molar-refractivity contribution in [3.8, 4) is 0 Å². The molecule has 0 aromatic heterocycles. The van der Waals surface area contributed by atoms with Crippen LogP contribution in [0, 0.1) is 0 Å². The Morgan fingerprint density at radius 3 is 2.40 bits per heavy atom. The van der Waals surface area contributed by atoms with Crippen LogP contribution in [0.3, 0.4) is 0 Å². The summed E-state index contributed by atoms with van der Waals surface area (Å²) in [6.45, 7) is 1.91. The third-order valence-corrected chi connectivity index (χ3v) is 3.72. The molecule has 0 saturated carbocycles. The Hall–Kier alpha value is -1.13. The lowest BCUT2D eigenvalue weighted by molar-refractivity contribution is 0.400. The number of epoxide rings is 1. The number of benzene rings is 1. The summed E-state index contributed by atoms with van der Waals surface area (Å²) >= 11 is 0. The Bertz CT molecular complexity index is 462. The Morgan fingerprint density at radius 2 is 1.87 bits per heavy atom. The maximum absolute atomic E-state index is 11.7. The first-order valence-electron chi connectivity index (χ1n) is 4.73. The first-order chi connectivity index (χ1) is 7.09. The minimum Gasteiger partial charge on any atom is -0.365 e. The van der Waals surface area contributed by atoms with Crippen molar-refractivity contribution in [3.05, 3.63) is 41.8 Å². The predicted molar refractivity (Wildman–Crippen MR) is 57.1 cm³/mol. The van der Waals surface area contributed by atoms with Crippen molar-refractivity contribution in [2.75, 3.05) is 0 Å². The monoisotopic (exact) mass is 224 g/mol. The van der Waals surface area contributed by atoms with E-state index in [0.717, 1.165) is 0 Å². The van der Waals surface area contributed by atoms with Crippen molar-refractivity contribution in [1.82, 2.24) is 0 Å². The fourth-order valence-corrected chi connectivity index (χ4v) is 2.33. The molecule has 2 atom stereocenters. The molecule has 1 heterocycles. The molecule has 15 heavy (non-hydrogen) atoms. The molecule has 0 spiro atoms. The Kier molecular flexibility index (Phi) is 2.63. The fraction of sp³-hybridized carbons (Fsp3) is 0.273. The molecule has 0 aliphatic carbocycles. The molecule has 3 nitrogen and oxygen atoms in total. The van der Waals surface area contributed by atoms with Gasteiger partial charge in [0.05, 0.1) is 11.0 Å². The van der Waals surface area contributed by atoms with Gasteiger partial charge in [0.2, 0.25) is 0 Å². The molecule has 0 radical (unpaired) electrons. The molecule has 2 rings (SSSR count). The van der Waals surface area contributed by atoms with Gasteiger partial charge in [0, 0.05) is 5.41 Å². The molecule has 0 bridgehead atoms. The Morgan fingerprint density at radius 1 is 1.27 bits per heavy atom. The molecule has 0 N–H and O–H groups in total. The van der Waals surface area contributed by atoms with E-state index in [1.807, 2.05) is 6.92 Å². The summed E-state index contributed by atoms with van der Waals surface area (Å²) < 4.78 is 28.6. The van der Waals surface area contributed by atoms with Crippen LogP contribution in [0.4, 0.5) is 0 Å². The average Bonchev–Trinajstić information content (AvgIpc) is 2.93. The van der Waals surface area contributed by atoms with E-state index in [0.29, 0.717) is 4.90 Å². The van der Waals surface area contributed by atoms with Gasteiger partial charge in [-0.05, 0) is 25.1 Å². The molecule has 0 amide bonds. The minimum atomic E-state index is -3.30. The van der Waals surface area contributed by atoms with E-state index in [2.05, 4.69) is 0 Å². The van der Waals surface area contributed by atoms with Crippen molar-refractivity contribution in [2.24, 2.45) is 0 Å². The Balaban J connectivity index is 2.17. The molecule has 1 aromatic carbocycles. The molecule has 0 unspecified atom stereocenters. The van der Waals surface area contributed by atoms with Crippen molar-refractivity contribution in [2.45, 2.75) is 24.0 Å². The van der Waals surface area contributed by atoms with E-state index >= 15 is 0 Å². The van der Waals surface area contributed by atoms with Crippen LogP contribution in [0.2, 0.25) is 0 Å². The van der Waals surface area contributed by atoms with Gasteiger partial charge in [-0.2, -0.15) is 0 Å². The third kappa shape index (κ3) is 2.46. The lowest BCUT2D eigenvalue weighted by atomic mass is 10.3. The largest absolute Gasteiger partial charge is 0.365 e. The second kappa shape index (κ2) is 3.79. The lowest BCUT2D eigenvalue weighted by Crippen LogP contribution is -1.96. The average molecular weight is 224 g/mol. The molecule has 1 fully saturated rings. The summed E-state index contributed by atoms with van der Waals surface area (Å²) in [5.74, 6) is 0. The summed E-state index contributed by atoms with van der Waals surface area (Å²) in [5.41, 5.74) is 0. The highest BCUT2D eigenvalue weighted by atomic mass is 32.2. The molecule has 1 aromatic rings. The molecule has 1 aliphatic heterocycles. The second-order valence-corrected chi connectivity index (χ2v) is 5.33. The predicted octanol–water partition coefficient (Wildman–Crippen LogP) is 1.76. The second-order valence-electron chi connectivity index (χ2n) is 3.49. The van der Waals surface area contributed by atoms with E-state index in [4.69, 9.17) is 4.74 Å². The van der Waals surface area contributed by atoms with Gasteiger partial charge in [0.15, 0.2) is 9.84 Å². The third-order valence-electron chi connectivity index (χ3n) is 2.28. The molecular formula is C11H12O3S. The molecule has 1 aliphatic rings. The van der Waals surface area contributed by atoms with E-state index in [1.165, 1.54) is 5.41 Å². The minimum absolute atomic E-state index is 0.0384. The molecular weight excluding hydrogens is 212 g/mol. The van der Waals surface area contributed by atoms with Gasteiger partial charge in [0.25, 0.3) is 0 Å². The normalized spacial score (nSPS) is 25.7. The van der Waals surface area contributed by atoms with Crippen molar-refractivity contribution in [1.29, 1.82) is 0 Å². The van der Waals surface area contributed by atoms with Crippen LogP contribution < -0.4 is 0 Å². The number of ether oxygens (including phenoxy) is 1. The van der Waals surface area contributed by atoms with Crippen LogP contribution >= 0.6 is 0 Å². The summed E-state index contributed by atoms with van der Waals surface area (Å²) in [4.78, 5) is 0.314. The smallest absolute Gasteiger partial charge is 0.199 e. The van der Waals surface area contributed by atoms with Crippen molar-refractivity contribution < 1.29 is 13.2 Å². The number of hydrogen-bond donors (Lipinski definition) is 0. The van der Waals surface area contributed by atoms with Crippen LogP contribution in [0.5, 0.6) is 0 Å². The molecule has 4 heteroatoms. The highest BCUT2D eigenvalue weighted by Gasteiger charge is 2.31. The zero-order valence-electron chi connectivity index (χ0n) is 8.33. The summed E-state index contributed by atoms with van der Waals surface area (Å²) in [6, 6.07) is 8.36. The first kappa shape index (κ1) is 10.4. The van der Waals surface area contributed by atoms with Crippen LogP contribution in [-0.2, 0) is 14.6 Å². The zero-order valence-corrected chi connectivity index (χ0v) is 9.15. The van der Waals surface area contributed by atoms with E-state index in [-0.39, 0.29) is 12.2 Å². The van der Waals surface area contributed by atoms with Gasteiger partial charge < -0.3 is 4.74 Å². The van der Waals surface area contributed by atoms with E-state index in [1.54, 1.807) is 36.4 Å². The standard InChI is InChI=1S/C11H12O3S/c1-9-11(14-9)7-8-15(12,13)10-5-3-2-4-6-10/h2-9,11H,1H3/b8-7+/t9-,11-/m1/s1. The van der Waals surface area contributed by atoms with Crippen LogP contribution in [0.1, 0.15) is 6.92 Å². The van der Waals surface area contributed by atoms with Gasteiger partial charge >= 0.3 is 0 Å². The SMILES string of the molecule is C[C@H]1O[C@@H]1/C=C/S(=O)(=O)c1ccccc1.